The number of para-hydroxylation sites is 2. The van der Waals surface area contributed by atoms with E-state index in [1.165, 1.54) is 54.3 Å². The van der Waals surface area contributed by atoms with E-state index in [-0.39, 0.29) is 22.0 Å². The molecule has 0 N–H and O–H groups in total. The average Bonchev–Trinajstić information content (AvgIpc) is 4.12. The van der Waals surface area contributed by atoms with Crippen LogP contribution in [0, 0.1) is 0 Å². The highest BCUT2D eigenvalue weighted by Crippen LogP contribution is 2.52. The van der Waals surface area contributed by atoms with E-state index in [4.69, 9.17) is 0 Å². The molecule has 0 atom stereocenters. The summed E-state index contributed by atoms with van der Waals surface area (Å²) in [6.45, 7) is 9.08. The molecule has 4 amide bonds. The van der Waals surface area contributed by atoms with Crippen LogP contribution in [0.3, 0.4) is 0 Å². The molecule has 8 nitrogen and oxygen atoms in total. The molecule has 78 heavy (non-hydrogen) atoms. The molecule has 0 unspecified atom stereocenters. The number of imide groups is 2. The number of hydrogen-bond acceptors (Lipinski definition) is 6. The highest BCUT2D eigenvalue weighted by molar-refractivity contribution is 6.36. The SMILES string of the molecule is CC1(C)c2ccccc2-c2ccc(N(c3ccccc3)c3ccc(N4C(=O)c5ccc(-c6ccc7c(c6)C(=O)N(c6ccc(N(c8ccccc8)c8ccc9c(c8)C(C)(C)c8ccccc8-9)cc6)C7=O)cc5C4=O)cc3)cc21. The number of amides is 4. The number of anilines is 8. The third-order valence-electron chi connectivity index (χ3n) is 16.5. The van der Waals surface area contributed by atoms with Gasteiger partial charge in [0.25, 0.3) is 23.6 Å². The molecule has 14 rings (SSSR count). The fraction of sp³-hybridized carbons (Fsp3) is 0.0857. The highest BCUT2D eigenvalue weighted by atomic mass is 16.2. The molecule has 4 aliphatic rings. The minimum absolute atomic E-state index is 0.184. The van der Waals surface area contributed by atoms with E-state index in [0.717, 1.165) is 34.1 Å². The van der Waals surface area contributed by atoms with Gasteiger partial charge >= 0.3 is 0 Å². The highest BCUT2D eigenvalue weighted by Gasteiger charge is 2.41. The molecular weight excluding hydrogens is 961 g/mol. The van der Waals surface area contributed by atoms with Crippen LogP contribution in [-0.2, 0) is 10.8 Å². The number of rotatable bonds is 9. The lowest BCUT2D eigenvalue weighted by atomic mass is 9.82. The Morgan fingerprint density at radius 1 is 0.269 bits per heavy atom. The van der Waals surface area contributed by atoms with Crippen molar-refractivity contribution in [3.8, 4) is 33.4 Å². The maximum absolute atomic E-state index is 14.3. The summed E-state index contributed by atoms with van der Waals surface area (Å²) in [4.78, 5) is 63.7. The van der Waals surface area contributed by atoms with Crippen molar-refractivity contribution in [2.24, 2.45) is 0 Å². The molecule has 2 aliphatic heterocycles. The van der Waals surface area contributed by atoms with E-state index in [1.54, 1.807) is 36.4 Å². The molecule has 10 aromatic carbocycles. The van der Waals surface area contributed by atoms with Crippen molar-refractivity contribution in [1.82, 2.24) is 0 Å². The first-order valence-corrected chi connectivity index (χ1v) is 26.3. The lowest BCUT2D eigenvalue weighted by Crippen LogP contribution is -2.29. The summed E-state index contributed by atoms with van der Waals surface area (Å²) in [7, 11) is 0. The van der Waals surface area contributed by atoms with E-state index < -0.39 is 23.6 Å². The van der Waals surface area contributed by atoms with Gasteiger partial charge in [0.1, 0.15) is 0 Å². The molecule has 0 fully saturated rings. The van der Waals surface area contributed by atoms with E-state index in [0.29, 0.717) is 33.6 Å². The Hall–Kier alpha value is -9.92. The van der Waals surface area contributed by atoms with Gasteiger partial charge in [0.05, 0.1) is 33.6 Å². The topological polar surface area (TPSA) is 81.2 Å². The molecule has 0 aromatic heterocycles. The maximum Gasteiger partial charge on any atom is 0.266 e. The predicted octanol–water partition coefficient (Wildman–Crippen LogP) is 16.5. The summed E-state index contributed by atoms with van der Waals surface area (Å²) in [6, 6.07) is 76.1. The number of hydrogen-bond donors (Lipinski definition) is 0. The second kappa shape index (κ2) is 17.3. The molecule has 374 valence electrons. The summed E-state index contributed by atoms with van der Waals surface area (Å²) in [5, 5.41) is 0. The normalized spacial score (nSPS) is 14.9. The molecule has 0 spiro atoms. The predicted molar refractivity (Wildman–Crippen MR) is 312 cm³/mol. The Kier molecular flexibility index (Phi) is 10.3. The van der Waals surface area contributed by atoms with Crippen molar-refractivity contribution in [2.45, 2.75) is 38.5 Å². The molecule has 0 radical (unpaired) electrons. The first-order valence-electron chi connectivity index (χ1n) is 26.3. The van der Waals surface area contributed by atoms with Gasteiger partial charge in [-0.2, -0.15) is 0 Å². The third-order valence-corrected chi connectivity index (χ3v) is 16.5. The first-order chi connectivity index (χ1) is 37.9. The maximum atomic E-state index is 14.3. The fourth-order valence-corrected chi connectivity index (χ4v) is 12.5. The number of carbonyl (C=O) groups is 4. The Balaban J connectivity index is 0.719. The largest absolute Gasteiger partial charge is 0.310 e. The number of carbonyl (C=O) groups excluding carboxylic acids is 4. The monoisotopic (exact) mass is 1010 g/mol. The zero-order valence-electron chi connectivity index (χ0n) is 43.4. The van der Waals surface area contributed by atoms with Gasteiger partial charge in [-0.3, -0.25) is 19.2 Å². The molecular formula is C70H50N4O4. The minimum Gasteiger partial charge on any atom is -0.310 e. The van der Waals surface area contributed by atoms with Crippen molar-refractivity contribution in [3.63, 3.8) is 0 Å². The van der Waals surface area contributed by atoms with Crippen LogP contribution in [0.4, 0.5) is 45.5 Å². The zero-order chi connectivity index (χ0) is 53.2. The number of fused-ring (bicyclic) bond motifs is 8. The summed E-state index contributed by atoms with van der Waals surface area (Å²) < 4.78 is 0. The Morgan fingerprint density at radius 3 is 0.974 bits per heavy atom. The second-order valence-electron chi connectivity index (χ2n) is 21.6. The Labute approximate surface area is 452 Å². The van der Waals surface area contributed by atoms with Crippen molar-refractivity contribution in [1.29, 1.82) is 0 Å². The van der Waals surface area contributed by atoms with Crippen LogP contribution in [0.1, 0.15) is 91.4 Å². The standard InChI is InChI=1S/C70H50N4O4/c1-69(2)61-21-13-11-19-53(61)55-37-33-51(41-63(55)69)71(45-15-7-5-8-16-45)47-25-29-49(30-26-47)73-65(75)57-35-23-43(39-59(57)67(73)77)44-24-36-58-60(40-44)68(78)74(66(58)76)50-31-27-48(28-32-50)72(46-17-9-6-10-18-46)52-34-38-56-54-20-12-14-22-62(54)70(3,4)64(56)42-52/h5-42H,1-4H3. The Bertz CT molecular complexity index is 3910. The third kappa shape index (κ3) is 6.99. The van der Waals surface area contributed by atoms with Crippen LogP contribution in [-0.4, -0.2) is 23.6 Å². The van der Waals surface area contributed by atoms with Crippen LogP contribution >= 0.6 is 0 Å². The van der Waals surface area contributed by atoms with Crippen LogP contribution in [0.15, 0.2) is 231 Å². The van der Waals surface area contributed by atoms with Crippen molar-refractivity contribution in [2.75, 3.05) is 19.6 Å². The molecule has 10 aromatic rings. The zero-order valence-corrected chi connectivity index (χ0v) is 43.4. The summed E-state index contributed by atoms with van der Waals surface area (Å²) in [6.07, 6.45) is 0. The molecule has 2 heterocycles. The number of benzene rings is 10. The molecule has 0 saturated carbocycles. The summed E-state index contributed by atoms with van der Waals surface area (Å²) in [5.74, 6) is -1.72. The number of nitrogens with zero attached hydrogens (tertiary/aromatic N) is 4. The molecule has 0 saturated heterocycles. The van der Waals surface area contributed by atoms with Crippen LogP contribution in [0.25, 0.3) is 33.4 Å². The quantitative estimate of drug-likeness (QED) is 0.134. The van der Waals surface area contributed by atoms with Gasteiger partial charge in [-0.15, -0.1) is 0 Å². The molecule has 8 heteroatoms. The van der Waals surface area contributed by atoms with Gasteiger partial charge in [-0.25, -0.2) is 9.80 Å². The lowest BCUT2D eigenvalue weighted by Gasteiger charge is -2.28. The van der Waals surface area contributed by atoms with Crippen LogP contribution in [0.5, 0.6) is 0 Å². The van der Waals surface area contributed by atoms with E-state index >= 15 is 0 Å². The van der Waals surface area contributed by atoms with E-state index in [9.17, 15) is 19.2 Å². The van der Waals surface area contributed by atoms with Gasteiger partial charge in [-0.05, 0) is 177 Å². The smallest absolute Gasteiger partial charge is 0.266 e. The van der Waals surface area contributed by atoms with Crippen LogP contribution < -0.4 is 19.6 Å². The second-order valence-corrected chi connectivity index (χ2v) is 21.6. The Morgan fingerprint density at radius 2 is 0.577 bits per heavy atom. The fourth-order valence-electron chi connectivity index (χ4n) is 12.5. The lowest BCUT2D eigenvalue weighted by molar-refractivity contribution is 0.0910. The van der Waals surface area contributed by atoms with Gasteiger partial charge in [0.15, 0.2) is 0 Å². The van der Waals surface area contributed by atoms with E-state index in [1.807, 2.05) is 84.9 Å². The van der Waals surface area contributed by atoms with Gasteiger partial charge < -0.3 is 9.80 Å². The van der Waals surface area contributed by atoms with Crippen molar-refractivity contribution < 1.29 is 19.2 Å². The minimum atomic E-state index is -0.441. The summed E-state index contributed by atoms with van der Waals surface area (Å²) in [5.41, 5.74) is 18.7. The van der Waals surface area contributed by atoms with Gasteiger partial charge in [0, 0.05) is 45.0 Å². The average molecular weight is 1010 g/mol. The van der Waals surface area contributed by atoms with Gasteiger partial charge in [0.2, 0.25) is 0 Å². The molecule has 2 aliphatic carbocycles. The summed E-state index contributed by atoms with van der Waals surface area (Å²) >= 11 is 0. The van der Waals surface area contributed by atoms with Gasteiger partial charge in [-0.1, -0.05) is 137 Å². The first kappa shape index (κ1) is 46.6. The molecule has 0 bridgehead atoms. The van der Waals surface area contributed by atoms with E-state index in [2.05, 4.69) is 147 Å². The van der Waals surface area contributed by atoms with Crippen molar-refractivity contribution >= 4 is 69.1 Å². The van der Waals surface area contributed by atoms with Crippen LogP contribution in [0.2, 0.25) is 0 Å². The van der Waals surface area contributed by atoms with Crippen molar-refractivity contribution in [3.05, 3.63) is 275 Å².